The summed E-state index contributed by atoms with van der Waals surface area (Å²) in [7, 11) is 0. The molecule has 1 heterocycles. The number of hydrogen-bond acceptors (Lipinski definition) is 6. The van der Waals surface area contributed by atoms with Crippen molar-refractivity contribution in [3.8, 4) is 0 Å². The molecule has 8 heteroatoms. The van der Waals surface area contributed by atoms with Crippen LogP contribution in [0.4, 0.5) is 5.82 Å². The van der Waals surface area contributed by atoms with E-state index in [1.807, 2.05) is 6.92 Å². The standard InChI is InChI=1S/C23H36N4O4/c1-3-12-26(17-13-18(31-4-2)23(17)10-6-5-7-11-23)14-16(28)19-20(24)27(15-8-9-15)22(30)25-21(19)29/h15,17-18H,3-14,24H2,1-2H3,(H,25,29,30)/t17-,18-/m0/s1. The van der Waals surface area contributed by atoms with Crippen LogP contribution in [0.25, 0.3) is 0 Å². The van der Waals surface area contributed by atoms with E-state index in [1.165, 1.54) is 23.8 Å². The van der Waals surface area contributed by atoms with Crippen molar-refractivity contribution in [1.29, 1.82) is 0 Å². The van der Waals surface area contributed by atoms with Gasteiger partial charge in [-0.25, -0.2) is 4.79 Å². The lowest BCUT2D eigenvalue weighted by Crippen LogP contribution is -2.66. The van der Waals surface area contributed by atoms with Gasteiger partial charge in [-0.2, -0.15) is 0 Å². The van der Waals surface area contributed by atoms with Crippen molar-refractivity contribution < 1.29 is 9.53 Å². The molecule has 3 fully saturated rings. The maximum Gasteiger partial charge on any atom is 0.330 e. The Morgan fingerprint density at radius 3 is 2.55 bits per heavy atom. The Morgan fingerprint density at radius 2 is 1.94 bits per heavy atom. The number of aromatic nitrogens is 2. The third-order valence-electron chi connectivity index (χ3n) is 7.57. The van der Waals surface area contributed by atoms with Gasteiger partial charge in [0, 0.05) is 24.1 Å². The predicted octanol–water partition coefficient (Wildman–Crippen LogP) is 2.48. The Hall–Kier alpha value is -1.93. The number of H-pyrrole nitrogens is 1. The fraction of sp³-hybridized carbons (Fsp3) is 0.783. The van der Waals surface area contributed by atoms with E-state index < -0.39 is 11.2 Å². The number of aromatic amines is 1. The van der Waals surface area contributed by atoms with E-state index in [9.17, 15) is 14.4 Å². The summed E-state index contributed by atoms with van der Waals surface area (Å²) in [5.74, 6) is -0.279. The van der Waals surface area contributed by atoms with Crippen LogP contribution in [0.15, 0.2) is 9.59 Å². The van der Waals surface area contributed by atoms with E-state index in [0.717, 1.165) is 45.1 Å². The number of nitrogens with one attached hydrogen (secondary N) is 1. The number of hydrogen-bond donors (Lipinski definition) is 2. The van der Waals surface area contributed by atoms with E-state index in [1.54, 1.807) is 0 Å². The third-order valence-corrected chi connectivity index (χ3v) is 7.57. The molecule has 0 aromatic carbocycles. The minimum Gasteiger partial charge on any atom is -0.384 e. The highest BCUT2D eigenvalue weighted by Crippen LogP contribution is 2.55. The van der Waals surface area contributed by atoms with E-state index in [2.05, 4.69) is 16.8 Å². The Kier molecular flexibility index (Phi) is 6.40. The Balaban J connectivity index is 1.59. The second kappa shape index (κ2) is 8.90. The molecule has 2 atom stereocenters. The van der Waals surface area contributed by atoms with Crippen LogP contribution in [0, 0.1) is 5.41 Å². The van der Waals surface area contributed by atoms with Gasteiger partial charge in [0.2, 0.25) is 0 Å². The number of carbonyl (C=O) groups excluding carboxylic acids is 1. The van der Waals surface area contributed by atoms with Crippen LogP contribution in [-0.4, -0.2) is 52.1 Å². The lowest BCUT2D eigenvalue weighted by atomic mass is 9.54. The number of nitrogens with zero attached hydrogens (tertiary/aromatic N) is 2. The summed E-state index contributed by atoms with van der Waals surface area (Å²) in [6.07, 6.45) is 9.71. The molecule has 0 saturated heterocycles. The van der Waals surface area contributed by atoms with Crippen molar-refractivity contribution >= 4 is 11.6 Å². The quantitative estimate of drug-likeness (QED) is 0.580. The zero-order valence-corrected chi connectivity index (χ0v) is 18.8. The number of anilines is 1. The van der Waals surface area contributed by atoms with Crippen molar-refractivity contribution in [3.05, 3.63) is 26.4 Å². The van der Waals surface area contributed by atoms with Gasteiger partial charge in [-0.05, 0) is 52.0 Å². The van der Waals surface area contributed by atoms with Crippen LogP contribution >= 0.6 is 0 Å². The summed E-state index contributed by atoms with van der Waals surface area (Å²) in [6.45, 7) is 5.80. The molecule has 1 aromatic heterocycles. The molecule has 0 unspecified atom stereocenters. The van der Waals surface area contributed by atoms with Crippen molar-refractivity contribution in [1.82, 2.24) is 14.5 Å². The topological polar surface area (TPSA) is 110 Å². The highest BCUT2D eigenvalue weighted by molar-refractivity contribution is 6.01. The number of Topliss-reactive ketones (excluding diaryl/α,β-unsaturated/α-hetero) is 1. The van der Waals surface area contributed by atoms with Crippen molar-refractivity contribution in [2.24, 2.45) is 5.41 Å². The zero-order chi connectivity index (χ0) is 22.2. The molecule has 0 aliphatic heterocycles. The summed E-state index contributed by atoms with van der Waals surface area (Å²) in [6, 6.07) is 0.273. The van der Waals surface area contributed by atoms with Gasteiger partial charge < -0.3 is 10.5 Å². The number of nitrogens with two attached hydrogens (primary N) is 1. The monoisotopic (exact) mass is 432 g/mol. The van der Waals surface area contributed by atoms with Crippen molar-refractivity contribution in [3.63, 3.8) is 0 Å². The Morgan fingerprint density at radius 1 is 1.23 bits per heavy atom. The first-order valence-electron chi connectivity index (χ1n) is 12.0. The molecule has 0 bridgehead atoms. The average Bonchev–Trinajstić information content (AvgIpc) is 3.56. The molecule has 3 aliphatic carbocycles. The van der Waals surface area contributed by atoms with Crippen LogP contribution < -0.4 is 17.0 Å². The molecular weight excluding hydrogens is 396 g/mol. The van der Waals surface area contributed by atoms with E-state index in [0.29, 0.717) is 6.61 Å². The number of ketones is 1. The molecule has 3 N–H and O–H groups in total. The van der Waals surface area contributed by atoms with Crippen LogP contribution in [0.2, 0.25) is 0 Å². The molecule has 8 nitrogen and oxygen atoms in total. The largest absolute Gasteiger partial charge is 0.384 e. The Labute approximate surface area is 183 Å². The van der Waals surface area contributed by atoms with Crippen LogP contribution in [0.3, 0.4) is 0 Å². The summed E-state index contributed by atoms with van der Waals surface area (Å²) in [4.78, 5) is 42.6. The second-order valence-corrected chi connectivity index (χ2v) is 9.50. The van der Waals surface area contributed by atoms with Crippen molar-refractivity contribution in [2.75, 3.05) is 25.4 Å². The zero-order valence-electron chi connectivity index (χ0n) is 18.8. The summed E-state index contributed by atoms with van der Waals surface area (Å²) >= 11 is 0. The van der Waals surface area contributed by atoms with Crippen LogP contribution in [-0.2, 0) is 4.74 Å². The van der Waals surface area contributed by atoms with E-state index in [4.69, 9.17) is 10.5 Å². The molecule has 31 heavy (non-hydrogen) atoms. The maximum absolute atomic E-state index is 13.3. The minimum atomic E-state index is -0.672. The lowest BCUT2D eigenvalue weighted by molar-refractivity contribution is -0.180. The third kappa shape index (κ3) is 4.00. The highest BCUT2D eigenvalue weighted by atomic mass is 16.5. The smallest absolute Gasteiger partial charge is 0.330 e. The Bertz CT molecular complexity index is 926. The fourth-order valence-electron chi connectivity index (χ4n) is 5.97. The first kappa shape index (κ1) is 22.3. The van der Waals surface area contributed by atoms with Crippen LogP contribution in [0.1, 0.15) is 88.0 Å². The molecule has 0 radical (unpaired) electrons. The van der Waals surface area contributed by atoms with E-state index in [-0.39, 0.29) is 47.3 Å². The number of nitrogen functional groups attached to an aromatic ring is 1. The van der Waals surface area contributed by atoms with E-state index >= 15 is 0 Å². The van der Waals surface area contributed by atoms with Gasteiger partial charge in [-0.1, -0.05) is 26.2 Å². The first-order chi connectivity index (χ1) is 14.9. The molecule has 3 saturated carbocycles. The minimum absolute atomic E-state index is 0.00765. The molecule has 1 aromatic rings. The van der Waals surface area contributed by atoms with Crippen molar-refractivity contribution in [2.45, 2.75) is 89.8 Å². The van der Waals surface area contributed by atoms with Gasteiger partial charge in [0.25, 0.3) is 5.56 Å². The SMILES string of the molecule is CCCN(CC(=O)c1c(N)n(C2CC2)c(=O)[nH]c1=O)[C@H]1C[C@H](OCC)C12CCCCC2. The highest BCUT2D eigenvalue weighted by Gasteiger charge is 2.57. The second-order valence-electron chi connectivity index (χ2n) is 9.50. The van der Waals surface area contributed by atoms with Gasteiger partial charge in [0.05, 0.1) is 12.6 Å². The first-order valence-corrected chi connectivity index (χ1v) is 12.0. The maximum atomic E-state index is 13.3. The van der Waals surface area contributed by atoms with Gasteiger partial charge in [0.15, 0.2) is 5.78 Å². The average molecular weight is 433 g/mol. The normalized spacial score (nSPS) is 25.0. The van der Waals surface area contributed by atoms with Gasteiger partial charge in [-0.3, -0.25) is 24.0 Å². The van der Waals surface area contributed by atoms with Gasteiger partial charge >= 0.3 is 5.69 Å². The lowest BCUT2D eigenvalue weighted by Gasteiger charge is -2.61. The molecule has 172 valence electrons. The summed E-state index contributed by atoms with van der Waals surface area (Å²) in [5.41, 5.74) is 5.03. The molecule has 1 spiro atoms. The number of ether oxygens (including phenoxy) is 1. The van der Waals surface area contributed by atoms with Gasteiger partial charge in [-0.15, -0.1) is 0 Å². The summed E-state index contributed by atoms with van der Waals surface area (Å²) < 4.78 is 7.48. The number of rotatable bonds is 9. The summed E-state index contributed by atoms with van der Waals surface area (Å²) in [5, 5.41) is 0. The molecule has 3 aliphatic rings. The van der Waals surface area contributed by atoms with Gasteiger partial charge in [0.1, 0.15) is 11.4 Å². The molecule has 4 rings (SSSR count). The molecule has 0 amide bonds. The molecular formula is C23H36N4O4. The fourth-order valence-corrected chi connectivity index (χ4v) is 5.97. The predicted molar refractivity (Wildman–Crippen MR) is 120 cm³/mol. The number of carbonyl (C=O) groups is 1. The van der Waals surface area contributed by atoms with Crippen LogP contribution in [0.5, 0.6) is 0 Å².